The lowest BCUT2D eigenvalue weighted by molar-refractivity contribution is -0.250. The van der Waals surface area contributed by atoms with E-state index in [0.717, 1.165) is 25.2 Å². The van der Waals surface area contributed by atoms with Crippen molar-refractivity contribution in [2.45, 2.75) is 87.7 Å². The second-order valence-corrected chi connectivity index (χ2v) is 12.2. The van der Waals surface area contributed by atoms with Crippen molar-refractivity contribution in [2.75, 3.05) is 13.7 Å². The summed E-state index contributed by atoms with van der Waals surface area (Å²) in [7, 11) is 1.76. The standard InChI is InChI=1S/C27H35NO4/c1-15-12-26-21-17-7-8-18(29)22(21)32-23(26)27(31-4)10-9-25(26,13-19(27)24(2,3)30)20(11-17)28(15)14-16-5-6-16/h7-10,15-16,19-20,23,29-30H,5-6,11-14H2,1-4H3/t15-,19+,20+,23+,25+,26-,27+/m0/s1. The van der Waals surface area contributed by atoms with E-state index >= 15 is 0 Å². The molecule has 7 aliphatic rings. The number of fused-ring (bicyclic) bond motifs is 1. The second kappa shape index (κ2) is 5.73. The highest BCUT2D eigenvalue weighted by molar-refractivity contribution is 5.65. The molecular formula is C27H35NO4. The van der Waals surface area contributed by atoms with Gasteiger partial charge in [-0.3, -0.25) is 4.90 Å². The zero-order valence-electron chi connectivity index (χ0n) is 19.6. The van der Waals surface area contributed by atoms with E-state index in [4.69, 9.17) is 9.47 Å². The topological polar surface area (TPSA) is 62.2 Å². The van der Waals surface area contributed by atoms with Crippen LogP contribution in [0.15, 0.2) is 24.3 Å². The smallest absolute Gasteiger partial charge is 0.165 e. The molecule has 7 atom stereocenters. The third-order valence-corrected chi connectivity index (χ3v) is 10.3. The number of nitrogens with zero attached hydrogens (tertiary/aromatic N) is 1. The summed E-state index contributed by atoms with van der Waals surface area (Å²) < 4.78 is 13.1. The Bertz CT molecular complexity index is 1040. The molecule has 2 heterocycles. The molecule has 0 unspecified atom stereocenters. The lowest BCUT2D eigenvalue weighted by Crippen LogP contribution is -2.81. The molecular weight excluding hydrogens is 402 g/mol. The fourth-order valence-electron chi connectivity index (χ4n) is 8.92. The van der Waals surface area contributed by atoms with Crippen LogP contribution in [0.25, 0.3) is 0 Å². The number of phenols is 1. The first kappa shape index (κ1) is 19.9. The number of ether oxygens (including phenoxy) is 2. The predicted molar refractivity (Wildman–Crippen MR) is 121 cm³/mol. The van der Waals surface area contributed by atoms with Crippen molar-refractivity contribution < 1.29 is 19.7 Å². The summed E-state index contributed by atoms with van der Waals surface area (Å²) in [6.45, 7) is 7.40. The first-order chi connectivity index (χ1) is 15.2. The quantitative estimate of drug-likeness (QED) is 0.706. The number of benzene rings is 1. The third kappa shape index (κ3) is 2.00. The van der Waals surface area contributed by atoms with Gasteiger partial charge in [0.1, 0.15) is 11.7 Å². The van der Waals surface area contributed by atoms with Crippen LogP contribution < -0.4 is 4.74 Å². The van der Waals surface area contributed by atoms with Crippen molar-refractivity contribution in [1.29, 1.82) is 0 Å². The molecule has 5 heteroatoms. The summed E-state index contributed by atoms with van der Waals surface area (Å²) in [6.07, 6.45) is 10.00. The van der Waals surface area contributed by atoms with E-state index in [2.05, 4.69) is 30.0 Å². The molecule has 1 saturated heterocycles. The second-order valence-electron chi connectivity index (χ2n) is 12.2. The van der Waals surface area contributed by atoms with Gasteiger partial charge in [-0.25, -0.2) is 0 Å². The SMILES string of the molecule is CO[C@]12C=C[C@@]3(C[C@@H]1C(C)(C)O)[C@H]1Cc4ccc(O)c5c4[C@@]3(C[C@H](C)N1CC1CC1)[C@H]2O5. The monoisotopic (exact) mass is 437 g/mol. The van der Waals surface area contributed by atoms with Crippen molar-refractivity contribution in [3.05, 3.63) is 35.4 Å². The minimum absolute atomic E-state index is 0.0835. The molecule has 5 nitrogen and oxygen atoms in total. The van der Waals surface area contributed by atoms with E-state index in [-0.39, 0.29) is 28.6 Å². The molecule has 0 amide bonds. The summed E-state index contributed by atoms with van der Waals surface area (Å²) in [5.41, 5.74) is 0.578. The molecule has 8 rings (SSSR count). The minimum Gasteiger partial charge on any atom is -0.504 e. The summed E-state index contributed by atoms with van der Waals surface area (Å²) in [6, 6.07) is 4.76. The van der Waals surface area contributed by atoms with E-state index in [1.807, 2.05) is 19.9 Å². The Labute approximate surface area is 190 Å². The lowest BCUT2D eigenvalue weighted by Gasteiger charge is -2.73. The van der Waals surface area contributed by atoms with Gasteiger partial charge < -0.3 is 19.7 Å². The zero-order valence-corrected chi connectivity index (χ0v) is 19.6. The summed E-state index contributed by atoms with van der Waals surface area (Å²) in [5.74, 6) is 1.65. The number of hydrogen-bond donors (Lipinski definition) is 2. The largest absolute Gasteiger partial charge is 0.504 e. The predicted octanol–water partition coefficient (Wildman–Crippen LogP) is 3.55. The maximum Gasteiger partial charge on any atom is 0.165 e. The number of phenolic OH excluding ortho intramolecular Hbond substituents is 1. The lowest BCUT2D eigenvalue weighted by atomic mass is 9.35. The van der Waals surface area contributed by atoms with Crippen molar-refractivity contribution in [3.8, 4) is 11.5 Å². The van der Waals surface area contributed by atoms with E-state index in [9.17, 15) is 10.2 Å². The highest BCUT2D eigenvalue weighted by Crippen LogP contribution is 2.76. The average molecular weight is 438 g/mol. The molecule has 2 aliphatic heterocycles. The van der Waals surface area contributed by atoms with Crippen LogP contribution in [0.2, 0.25) is 0 Å². The van der Waals surface area contributed by atoms with E-state index in [1.165, 1.54) is 30.5 Å². The van der Waals surface area contributed by atoms with Crippen LogP contribution in [-0.4, -0.2) is 58.2 Å². The van der Waals surface area contributed by atoms with Gasteiger partial charge in [0.05, 0.1) is 11.0 Å². The number of methoxy groups -OCH3 is 1. The third-order valence-electron chi connectivity index (χ3n) is 10.3. The molecule has 1 aromatic rings. The average Bonchev–Trinajstić information content (AvgIpc) is 3.49. The van der Waals surface area contributed by atoms with Crippen LogP contribution in [0.5, 0.6) is 11.5 Å². The first-order valence-electron chi connectivity index (χ1n) is 12.4. The zero-order chi connectivity index (χ0) is 22.3. The minimum atomic E-state index is -0.906. The molecule has 32 heavy (non-hydrogen) atoms. The number of hydrogen-bond acceptors (Lipinski definition) is 5. The first-order valence-corrected chi connectivity index (χ1v) is 12.4. The molecule has 3 fully saturated rings. The summed E-state index contributed by atoms with van der Waals surface area (Å²) >= 11 is 0. The molecule has 0 aromatic heterocycles. The maximum atomic E-state index is 11.4. The van der Waals surface area contributed by atoms with Gasteiger partial charge in [0.2, 0.25) is 0 Å². The molecule has 2 saturated carbocycles. The van der Waals surface area contributed by atoms with Gasteiger partial charge in [-0.1, -0.05) is 18.2 Å². The number of rotatable bonds is 4. The van der Waals surface area contributed by atoms with Crippen LogP contribution >= 0.6 is 0 Å². The Kier molecular flexibility index (Phi) is 3.56. The number of piperidine rings is 1. The van der Waals surface area contributed by atoms with Crippen molar-refractivity contribution in [1.82, 2.24) is 4.90 Å². The number of likely N-dealkylation sites (tertiary alicyclic amines) is 1. The van der Waals surface area contributed by atoms with E-state index < -0.39 is 11.2 Å². The molecule has 2 spiro atoms. The highest BCUT2D eigenvalue weighted by atomic mass is 16.6. The van der Waals surface area contributed by atoms with Crippen molar-refractivity contribution in [2.24, 2.45) is 17.3 Å². The molecule has 2 N–H and O–H groups in total. The van der Waals surface area contributed by atoms with Crippen molar-refractivity contribution in [3.63, 3.8) is 0 Å². The Morgan fingerprint density at radius 3 is 2.69 bits per heavy atom. The number of aromatic hydroxyl groups is 1. The summed E-state index contributed by atoms with van der Waals surface area (Å²) in [4.78, 5) is 2.80. The van der Waals surface area contributed by atoms with Gasteiger partial charge in [-0.15, -0.1) is 0 Å². The Morgan fingerprint density at radius 1 is 1.22 bits per heavy atom. The fraction of sp³-hybridized carbons (Fsp3) is 0.704. The van der Waals surface area contributed by atoms with Gasteiger partial charge in [0.25, 0.3) is 0 Å². The number of aliphatic hydroxyl groups is 1. The maximum absolute atomic E-state index is 11.4. The normalized spacial score (nSPS) is 45.7. The van der Waals surface area contributed by atoms with Gasteiger partial charge in [0, 0.05) is 42.6 Å². The summed E-state index contributed by atoms with van der Waals surface area (Å²) in [5, 5.41) is 22.3. The Morgan fingerprint density at radius 2 is 2.00 bits per heavy atom. The van der Waals surface area contributed by atoms with Gasteiger partial charge in [0.15, 0.2) is 11.5 Å². The highest BCUT2D eigenvalue weighted by Gasteiger charge is 2.80. The van der Waals surface area contributed by atoms with E-state index in [1.54, 1.807) is 7.11 Å². The molecule has 1 aromatic carbocycles. The van der Waals surface area contributed by atoms with Gasteiger partial charge in [-0.2, -0.15) is 0 Å². The van der Waals surface area contributed by atoms with Crippen LogP contribution in [0, 0.1) is 17.3 Å². The van der Waals surface area contributed by atoms with Crippen LogP contribution in [-0.2, 0) is 16.6 Å². The van der Waals surface area contributed by atoms with Crippen LogP contribution in [0.1, 0.15) is 57.6 Å². The molecule has 172 valence electrons. The van der Waals surface area contributed by atoms with Crippen LogP contribution in [0.3, 0.4) is 0 Å². The molecule has 5 aliphatic carbocycles. The van der Waals surface area contributed by atoms with Crippen molar-refractivity contribution >= 4 is 0 Å². The van der Waals surface area contributed by atoms with Crippen LogP contribution in [0.4, 0.5) is 0 Å². The Hall–Kier alpha value is -1.56. The fourth-order valence-corrected chi connectivity index (χ4v) is 8.92. The Balaban J connectivity index is 1.53. The van der Waals surface area contributed by atoms with E-state index in [0.29, 0.717) is 17.8 Å². The molecule has 0 radical (unpaired) electrons. The molecule has 4 bridgehead atoms. The van der Waals surface area contributed by atoms with Gasteiger partial charge in [-0.05, 0) is 70.4 Å². The van der Waals surface area contributed by atoms with Gasteiger partial charge >= 0.3 is 0 Å².